The molecule has 3 aromatic heterocycles. The van der Waals surface area contributed by atoms with Gasteiger partial charge in [0.05, 0.1) is 34.8 Å². The Bertz CT molecular complexity index is 752. The summed E-state index contributed by atoms with van der Waals surface area (Å²) >= 11 is 0. The Morgan fingerprint density at radius 2 is 2.33 bits per heavy atom. The molecular formula is C12H12N4O2. The van der Waals surface area contributed by atoms with E-state index >= 15 is 0 Å². The largest absolute Gasteiger partial charge is 0.472 e. The van der Waals surface area contributed by atoms with Crippen molar-refractivity contribution in [3.05, 3.63) is 45.9 Å². The molecule has 6 nitrogen and oxygen atoms in total. The molecule has 0 aliphatic rings. The summed E-state index contributed by atoms with van der Waals surface area (Å²) < 4.78 is 6.73. The fourth-order valence-electron chi connectivity index (χ4n) is 2.20. The van der Waals surface area contributed by atoms with Crippen LogP contribution < -0.4 is 5.56 Å². The van der Waals surface area contributed by atoms with Crippen molar-refractivity contribution in [1.29, 1.82) is 0 Å². The molecule has 0 aliphatic heterocycles. The van der Waals surface area contributed by atoms with E-state index in [4.69, 9.17) is 4.42 Å². The third-order valence-electron chi connectivity index (χ3n) is 2.97. The maximum absolute atomic E-state index is 11.8. The molecule has 18 heavy (non-hydrogen) atoms. The van der Waals surface area contributed by atoms with Crippen molar-refractivity contribution in [2.24, 2.45) is 7.05 Å². The van der Waals surface area contributed by atoms with Crippen molar-refractivity contribution in [1.82, 2.24) is 20.0 Å². The normalized spacial score (nSPS) is 11.2. The Labute approximate surface area is 102 Å². The first-order valence-corrected chi connectivity index (χ1v) is 5.58. The van der Waals surface area contributed by atoms with Crippen LogP contribution in [0, 0.1) is 6.92 Å². The van der Waals surface area contributed by atoms with E-state index in [1.165, 1.54) is 0 Å². The molecule has 0 saturated heterocycles. The molecule has 0 bridgehead atoms. The number of aromatic nitrogens is 4. The van der Waals surface area contributed by atoms with Crippen molar-refractivity contribution in [2.75, 3.05) is 0 Å². The van der Waals surface area contributed by atoms with Gasteiger partial charge in [-0.25, -0.2) is 5.10 Å². The van der Waals surface area contributed by atoms with Crippen LogP contribution in [0.2, 0.25) is 0 Å². The number of hydrogen-bond acceptors (Lipinski definition) is 4. The third kappa shape index (κ3) is 1.54. The van der Waals surface area contributed by atoms with E-state index in [-0.39, 0.29) is 5.56 Å². The quantitative estimate of drug-likeness (QED) is 0.733. The Morgan fingerprint density at radius 1 is 1.50 bits per heavy atom. The standard InChI is InChI=1S/C12H12N4O2/c1-7-10-11(16(2)15-7)9(13-14-12(10)17)5-8-3-4-18-6-8/h3-4,6H,5H2,1-2H3,(H,14,17). The summed E-state index contributed by atoms with van der Waals surface area (Å²) in [6.07, 6.45) is 3.89. The summed E-state index contributed by atoms with van der Waals surface area (Å²) in [4.78, 5) is 11.8. The number of hydrogen-bond donors (Lipinski definition) is 1. The van der Waals surface area contributed by atoms with Gasteiger partial charge in [-0.3, -0.25) is 9.48 Å². The summed E-state index contributed by atoms with van der Waals surface area (Å²) in [5.41, 5.74) is 3.08. The summed E-state index contributed by atoms with van der Waals surface area (Å²) in [6, 6.07) is 1.88. The number of aromatic amines is 1. The summed E-state index contributed by atoms with van der Waals surface area (Å²) in [7, 11) is 1.81. The summed E-state index contributed by atoms with van der Waals surface area (Å²) in [5.74, 6) is 0. The second-order valence-electron chi connectivity index (χ2n) is 4.24. The summed E-state index contributed by atoms with van der Waals surface area (Å²) in [5, 5.41) is 11.5. The lowest BCUT2D eigenvalue weighted by Gasteiger charge is -2.01. The average Bonchev–Trinajstić information content (AvgIpc) is 2.92. The molecule has 92 valence electrons. The molecule has 0 spiro atoms. The van der Waals surface area contributed by atoms with Crippen molar-refractivity contribution in [3.8, 4) is 0 Å². The molecule has 0 saturated carbocycles. The fourth-order valence-corrected chi connectivity index (χ4v) is 2.20. The highest BCUT2D eigenvalue weighted by atomic mass is 16.3. The SMILES string of the molecule is Cc1nn(C)c2c(Cc3ccoc3)n[nH]c(=O)c12. The molecule has 0 unspecified atom stereocenters. The van der Waals surface area contributed by atoms with Gasteiger partial charge in [-0.05, 0) is 18.6 Å². The van der Waals surface area contributed by atoms with Crippen LogP contribution in [0.3, 0.4) is 0 Å². The topological polar surface area (TPSA) is 76.7 Å². The zero-order valence-corrected chi connectivity index (χ0v) is 10.1. The number of nitrogens with one attached hydrogen (secondary N) is 1. The van der Waals surface area contributed by atoms with Crippen LogP contribution in [0.1, 0.15) is 17.0 Å². The van der Waals surface area contributed by atoms with Crippen molar-refractivity contribution in [2.45, 2.75) is 13.3 Å². The van der Waals surface area contributed by atoms with Gasteiger partial charge in [0.15, 0.2) is 0 Å². The van der Waals surface area contributed by atoms with Gasteiger partial charge >= 0.3 is 0 Å². The molecule has 3 heterocycles. The minimum absolute atomic E-state index is 0.202. The third-order valence-corrected chi connectivity index (χ3v) is 2.97. The van der Waals surface area contributed by atoms with Crippen molar-refractivity contribution in [3.63, 3.8) is 0 Å². The van der Waals surface area contributed by atoms with Gasteiger partial charge in [-0.15, -0.1) is 0 Å². The molecule has 3 rings (SSSR count). The molecule has 1 N–H and O–H groups in total. The Balaban J connectivity index is 2.24. The van der Waals surface area contributed by atoms with Gasteiger partial charge in [-0.2, -0.15) is 10.2 Å². The zero-order valence-electron chi connectivity index (χ0n) is 10.1. The highest BCUT2D eigenvalue weighted by Crippen LogP contribution is 2.18. The molecule has 0 amide bonds. The van der Waals surface area contributed by atoms with E-state index in [2.05, 4.69) is 15.3 Å². The predicted molar refractivity (Wildman–Crippen MR) is 65.4 cm³/mol. The number of aryl methyl sites for hydroxylation is 2. The number of rotatable bonds is 2. The van der Waals surface area contributed by atoms with Crippen LogP contribution in [-0.2, 0) is 13.5 Å². The van der Waals surface area contributed by atoms with Gasteiger partial charge in [-0.1, -0.05) is 0 Å². The maximum Gasteiger partial charge on any atom is 0.275 e. The van der Waals surface area contributed by atoms with Gasteiger partial charge in [0.1, 0.15) is 0 Å². The van der Waals surface area contributed by atoms with Crippen LogP contribution in [0.5, 0.6) is 0 Å². The van der Waals surface area contributed by atoms with Crippen molar-refractivity contribution < 1.29 is 4.42 Å². The lowest BCUT2D eigenvalue weighted by Crippen LogP contribution is -2.12. The van der Waals surface area contributed by atoms with Gasteiger partial charge < -0.3 is 4.42 Å². The van der Waals surface area contributed by atoms with Gasteiger partial charge in [0.2, 0.25) is 0 Å². The molecule has 0 aliphatic carbocycles. The fraction of sp³-hybridized carbons (Fsp3) is 0.250. The van der Waals surface area contributed by atoms with Crippen LogP contribution in [0.15, 0.2) is 27.8 Å². The van der Waals surface area contributed by atoms with Crippen LogP contribution >= 0.6 is 0 Å². The monoisotopic (exact) mass is 244 g/mol. The second kappa shape index (κ2) is 3.83. The highest BCUT2D eigenvalue weighted by molar-refractivity contribution is 5.82. The van der Waals surface area contributed by atoms with E-state index < -0.39 is 0 Å². The van der Waals surface area contributed by atoms with Crippen LogP contribution in [-0.4, -0.2) is 20.0 Å². The van der Waals surface area contributed by atoms with Crippen LogP contribution in [0.25, 0.3) is 10.9 Å². The molecular weight excluding hydrogens is 232 g/mol. The predicted octanol–water partition coefficient (Wildman–Crippen LogP) is 1.15. The van der Waals surface area contributed by atoms with Crippen molar-refractivity contribution >= 4 is 10.9 Å². The Hall–Kier alpha value is -2.37. The molecule has 0 atom stereocenters. The number of furan rings is 1. The molecule has 0 fully saturated rings. The molecule has 3 aromatic rings. The maximum atomic E-state index is 11.8. The zero-order chi connectivity index (χ0) is 12.7. The first-order chi connectivity index (χ1) is 8.66. The molecule has 0 aromatic carbocycles. The second-order valence-corrected chi connectivity index (χ2v) is 4.24. The number of H-pyrrole nitrogens is 1. The number of nitrogens with zero attached hydrogens (tertiary/aromatic N) is 3. The lowest BCUT2D eigenvalue weighted by atomic mass is 10.1. The van der Waals surface area contributed by atoms with Gasteiger partial charge in [0, 0.05) is 13.5 Å². The van der Waals surface area contributed by atoms with E-state index in [0.29, 0.717) is 17.5 Å². The van der Waals surface area contributed by atoms with Crippen LogP contribution in [0.4, 0.5) is 0 Å². The van der Waals surface area contributed by atoms with E-state index in [0.717, 1.165) is 16.8 Å². The van der Waals surface area contributed by atoms with E-state index in [1.54, 1.807) is 17.2 Å². The number of fused-ring (bicyclic) bond motifs is 1. The first kappa shape index (κ1) is 10.8. The average molecular weight is 244 g/mol. The van der Waals surface area contributed by atoms with E-state index in [9.17, 15) is 4.79 Å². The smallest absolute Gasteiger partial charge is 0.275 e. The highest BCUT2D eigenvalue weighted by Gasteiger charge is 2.15. The lowest BCUT2D eigenvalue weighted by molar-refractivity contribution is 0.564. The Morgan fingerprint density at radius 3 is 3.06 bits per heavy atom. The molecule has 6 heteroatoms. The minimum Gasteiger partial charge on any atom is -0.472 e. The Kier molecular flexibility index (Phi) is 2.29. The summed E-state index contributed by atoms with van der Waals surface area (Å²) in [6.45, 7) is 1.82. The minimum atomic E-state index is -0.202. The van der Waals surface area contributed by atoms with E-state index in [1.807, 2.05) is 20.0 Å². The first-order valence-electron chi connectivity index (χ1n) is 5.58. The molecule has 0 radical (unpaired) electrons. The van der Waals surface area contributed by atoms with Gasteiger partial charge in [0.25, 0.3) is 5.56 Å².